The zero-order chi connectivity index (χ0) is 21.8. The second-order valence-electron chi connectivity index (χ2n) is 8.42. The number of benzene rings is 1. The van der Waals surface area contributed by atoms with Crippen molar-refractivity contribution < 1.29 is 23.9 Å². The van der Waals surface area contributed by atoms with E-state index in [2.05, 4.69) is 22.5 Å². The molecule has 4 rings (SSSR count). The molecule has 9 heteroatoms. The molecule has 31 heavy (non-hydrogen) atoms. The molecule has 2 saturated heterocycles. The molecule has 2 atom stereocenters. The van der Waals surface area contributed by atoms with Crippen LogP contribution in [0.4, 0.5) is 5.69 Å². The van der Waals surface area contributed by atoms with E-state index in [1.54, 1.807) is 29.2 Å². The summed E-state index contributed by atoms with van der Waals surface area (Å²) in [6.07, 6.45) is 3.28. The highest BCUT2D eigenvalue weighted by Gasteiger charge is 2.39. The van der Waals surface area contributed by atoms with Crippen molar-refractivity contribution in [2.24, 2.45) is 0 Å². The summed E-state index contributed by atoms with van der Waals surface area (Å²) in [5.41, 5.74) is 0.358. The van der Waals surface area contributed by atoms with Gasteiger partial charge in [-0.1, -0.05) is 12.1 Å². The SMILES string of the molecule is CC1CC(NC(=O)C(=O)Nc2ccccc2OCC(=O)N2CCOCC2)CN1C1CC1. The van der Waals surface area contributed by atoms with Gasteiger partial charge in [0.2, 0.25) is 0 Å². The van der Waals surface area contributed by atoms with Crippen LogP contribution >= 0.6 is 0 Å². The largest absolute Gasteiger partial charge is 0.482 e. The lowest BCUT2D eigenvalue weighted by Gasteiger charge is -2.26. The topological polar surface area (TPSA) is 100 Å². The van der Waals surface area contributed by atoms with E-state index in [1.807, 2.05) is 0 Å². The number of anilines is 1. The predicted molar refractivity (Wildman–Crippen MR) is 114 cm³/mol. The minimum atomic E-state index is -0.743. The molecule has 1 saturated carbocycles. The van der Waals surface area contributed by atoms with Gasteiger partial charge in [0, 0.05) is 37.8 Å². The number of nitrogens with one attached hydrogen (secondary N) is 2. The molecule has 3 amide bonds. The Bertz CT molecular complexity index is 822. The number of carbonyl (C=O) groups is 3. The average Bonchev–Trinajstić information content (AvgIpc) is 3.56. The second-order valence-corrected chi connectivity index (χ2v) is 8.42. The number of hydrogen-bond donors (Lipinski definition) is 2. The van der Waals surface area contributed by atoms with Gasteiger partial charge in [-0.15, -0.1) is 0 Å². The van der Waals surface area contributed by atoms with Gasteiger partial charge in [0.15, 0.2) is 6.61 Å². The summed E-state index contributed by atoms with van der Waals surface area (Å²) in [7, 11) is 0. The molecule has 9 nitrogen and oxygen atoms in total. The highest BCUT2D eigenvalue weighted by molar-refractivity contribution is 6.39. The molecule has 1 aromatic carbocycles. The Morgan fingerprint density at radius 2 is 1.87 bits per heavy atom. The maximum absolute atomic E-state index is 12.5. The van der Waals surface area contributed by atoms with Crippen LogP contribution in [0.2, 0.25) is 0 Å². The third kappa shape index (κ3) is 5.54. The molecular formula is C22H30N4O5. The van der Waals surface area contributed by atoms with Gasteiger partial charge in [0.25, 0.3) is 5.91 Å². The molecule has 0 aromatic heterocycles. The van der Waals surface area contributed by atoms with Crippen molar-refractivity contribution in [3.8, 4) is 5.75 Å². The number of ether oxygens (including phenoxy) is 2. The van der Waals surface area contributed by atoms with E-state index in [4.69, 9.17) is 9.47 Å². The first-order valence-corrected chi connectivity index (χ1v) is 11.0. The number of likely N-dealkylation sites (tertiary alicyclic amines) is 1. The Morgan fingerprint density at radius 1 is 1.13 bits per heavy atom. The number of carbonyl (C=O) groups excluding carboxylic acids is 3. The molecule has 0 radical (unpaired) electrons. The fourth-order valence-corrected chi connectivity index (χ4v) is 4.25. The monoisotopic (exact) mass is 430 g/mol. The van der Waals surface area contributed by atoms with E-state index in [-0.39, 0.29) is 18.6 Å². The highest BCUT2D eigenvalue weighted by Crippen LogP contribution is 2.33. The Balaban J connectivity index is 1.28. The van der Waals surface area contributed by atoms with Crippen LogP contribution in [0.1, 0.15) is 26.2 Å². The molecule has 3 fully saturated rings. The first-order valence-electron chi connectivity index (χ1n) is 11.0. The van der Waals surface area contributed by atoms with Gasteiger partial charge in [-0.2, -0.15) is 0 Å². The van der Waals surface area contributed by atoms with Crippen LogP contribution in [0.3, 0.4) is 0 Å². The van der Waals surface area contributed by atoms with Crippen LogP contribution in [-0.4, -0.2) is 85.1 Å². The lowest BCUT2D eigenvalue weighted by molar-refractivity contribution is -0.137. The summed E-state index contributed by atoms with van der Waals surface area (Å²) >= 11 is 0. The second kappa shape index (κ2) is 9.65. The van der Waals surface area contributed by atoms with Gasteiger partial charge in [0.05, 0.1) is 18.9 Å². The maximum atomic E-state index is 12.5. The first kappa shape index (κ1) is 21.6. The number of morpholine rings is 1. The number of nitrogens with zero attached hydrogens (tertiary/aromatic N) is 2. The van der Waals surface area contributed by atoms with Crippen LogP contribution in [0, 0.1) is 0 Å². The van der Waals surface area contributed by atoms with E-state index >= 15 is 0 Å². The van der Waals surface area contributed by atoms with Crippen molar-refractivity contribution >= 4 is 23.4 Å². The number of para-hydroxylation sites is 2. The van der Waals surface area contributed by atoms with E-state index in [9.17, 15) is 14.4 Å². The standard InChI is InChI=1S/C22H30N4O5/c1-15-12-16(13-26(15)17-6-7-17)23-21(28)22(29)24-18-4-2-3-5-19(18)31-14-20(27)25-8-10-30-11-9-25/h2-5,15-17H,6-14H2,1H3,(H,23,28)(H,24,29). The van der Waals surface area contributed by atoms with Crippen molar-refractivity contribution in [1.82, 2.24) is 15.1 Å². The van der Waals surface area contributed by atoms with Crippen molar-refractivity contribution in [3.05, 3.63) is 24.3 Å². The van der Waals surface area contributed by atoms with Gasteiger partial charge in [-0.05, 0) is 38.3 Å². The number of amides is 3. The van der Waals surface area contributed by atoms with Crippen LogP contribution in [0.5, 0.6) is 5.75 Å². The molecule has 2 N–H and O–H groups in total. The summed E-state index contributed by atoms with van der Waals surface area (Å²) in [6, 6.07) is 7.81. The number of hydrogen-bond acceptors (Lipinski definition) is 6. The minimum absolute atomic E-state index is 0.0218. The van der Waals surface area contributed by atoms with Crippen LogP contribution in [-0.2, 0) is 19.1 Å². The molecular weight excluding hydrogens is 400 g/mol. The lowest BCUT2D eigenvalue weighted by Crippen LogP contribution is -2.43. The van der Waals surface area contributed by atoms with Crippen LogP contribution < -0.4 is 15.4 Å². The average molecular weight is 431 g/mol. The van der Waals surface area contributed by atoms with Crippen molar-refractivity contribution in [2.45, 2.75) is 44.3 Å². The first-order chi connectivity index (χ1) is 15.0. The number of rotatable bonds is 6. The summed E-state index contributed by atoms with van der Waals surface area (Å²) in [5, 5.41) is 5.46. The minimum Gasteiger partial charge on any atom is -0.482 e. The molecule has 2 unspecified atom stereocenters. The predicted octanol–water partition coefficient (Wildman–Crippen LogP) is 0.604. The zero-order valence-electron chi connectivity index (χ0n) is 17.8. The molecule has 1 aliphatic carbocycles. The van der Waals surface area contributed by atoms with Gasteiger partial charge in [-0.25, -0.2) is 0 Å². The van der Waals surface area contributed by atoms with Gasteiger partial charge in [-0.3, -0.25) is 19.3 Å². The summed E-state index contributed by atoms with van der Waals surface area (Å²) in [5.74, 6) is -1.19. The quantitative estimate of drug-likeness (QED) is 0.642. The highest BCUT2D eigenvalue weighted by atomic mass is 16.5. The normalized spacial score (nSPS) is 24.0. The molecule has 2 aliphatic heterocycles. The smallest absolute Gasteiger partial charge is 0.313 e. The van der Waals surface area contributed by atoms with E-state index < -0.39 is 11.8 Å². The third-order valence-electron chi connectivity index (χ3n) is 6.03. The third-order valence-corrected chi connectivity index (χ3v) is 6.03. The lowest BCUT2D eigenvalue weighted by atomic mass is 10.2. The fourth-order valence-electron chi connectivity index (χ4n) is 4.25. The molecule has 2 heterocycles. The Hall–Kier alpha value is -2.65. The van der Waals surface area contributed by atoms with E-state index in [0.717, 1.165) is 13.0 Å². The van der Waals surface area contributed by atoms with Crippen LogP contribution in [0.25, 0.3) is 0 Å². The molecule has 168 valence electrons. The summed E-state index contributed by atoms with van der Waals surface area (Å²) in [4.78, 5) is 41.3. The Labute approximate surface area is 182 Å². The Kier molecular flexibility index (Phi) is 6.72. The van der Waals surface area contributed by atoms with Gasteiger partial charge >= 0.3 is 11.8 Å². The summed E-state index contributed by atoms with van der Waals surface area (Å²) in [6.45, 7) is 4.93. The van der Waals surface area contributed by atoms with Gasteiger partial charge < -0.3 is 25.0 Å². The van der Waals surface area contributed by atoms with Crippen molar-refractivity contribution in [3.63, 3.8) is 0 Å². The van der Waals surface area contributed by atoms with Crippen LogP contribution in [0.15, 0.2) is 24.3 Å². The van der Waals surface area contributed by atoms with E-state index in [0.29, 0.717) is 49.8 Å². The molecule has 0 bridgehead atoms. The molecule has 0 spiro atoms. The molecule has 1 aromatic rings. The molecule has 3 aliphatic rings. The van der Waals surface area contributed by atoms with Crippen molar-refractivity contribution in [1.29, 1.82) is 0 Å². The van der Waals surface area contributed by atoms with Gasteiger partial charge in [0.1, 0.15) is 5.75 Å². The fraction of sp³-hybridized carbons (Fsp3) is 0.591. The summed E-state index contributed by atoms with van der Waals surface area (Å²) < 4.78 is 10.9. The van der Waals surface area contributed by atoms with Crippen molar-refractivity contribution in [2.75, 3.05) is 44.8 Å². The zero-order valence-corrected chi connectivity index (χ0v) is 17.8. The maximum Gasteiger partial charge on any atom is 0.313 e. The van der Waals surface area contributed by atoms with E-state index in [1.165, 1.54) is 12.8 Å². The Morgan fingerprint density at radius 3 is 2.61 bits per heavy atom.